The van der Waals surface area contributed by atoms with Crippen LogP contribution >= 0.6 is 11.6 Å². The summed E-state index contributed by atoms with van der Waals surface area (Å²) in [7, 11) is -0.673. The Balaban J connectivity index is 1.75. The lowest BCUT2D eigenvalue weighted by Crippen LogP contribution is -2.27. The van der Waals surface area contributed by atoms with E-state index in [1.54, 1.807) is 36.4 Å². The Morgan fingerprint density at radius 1 is 1.14 bits per heavy atom. The molecule has 0 saturated heterocycles. The van der Waals surface area contributed by atoms with E-state index in [1.165, 1.54) is 20.2 Å². The third-order valence-corrected chi connectivity index (χ3v) is 6.30. The number of halogens is 1. The second-order valence-corrected chi connectivity index (χ2v) is 8.81. The number of aromatic amines is 1. The van der Waals surface area contributed by atoms with Crippen LogP contribution in [0.1, 0.15) is 16.1 Å². The van der Waals surface area contributed by atoms with Crippen molar-refractivity contribution in [3.63, 3.8) is 0 Å². The molecule has 0 unspecified atom stereocenters. The van der Waals surface area contributed by atoms with Crippen molar-refractivity contribution in [3.05, 3.63) is 70.9 Å². The van der Waals surface area contributed by atoms with Crippen molar-refractivity contribution in [1.82, 2.24) is 19.8 Å². The van der Waals surface area contributed by atoms with E-state index in [1.807, 2.05) is 12.1 Å². The highest BCUT2D eigenvalue weighted by Gasteiger charge is 2.21. The van der Waals surface area contributed by atoms with E-state index in [0.29, 0.717) is 16.3 Å². The van der Waals surface area contributed by atoms with Crippen molar-refractivity contribution in [2.75, 3.05) is 14.1 Å². The van der Waals surface area contributed by atoms with Crippen LogP contribution in [0.2, 0.25) is 5.02 Å². The van der Waals surface area contributed by atoms with E-state index in [9.17, 15) is 13.2 Å². The Morgan fingerprint density at radius 2 is 1.82 bits per heavy atom. The molecule has 1 aromatic heterocycles. The fourth-order valence-corrected chi connectivity index (χ4v) is 3.82. The van der Waals surface area contributed by atoms with Gasteiger partial charge in [0.25, 0.3) is 5.91 Å². The predicted octanol–water partition coefficient (Wildman–Crippen LogP) is 2.91. The molecule has 2 aromatic carbocycles. The molecule has 0 bridgehead atoms. The zero-order chi connectivity index (χ0) is 20.3. The lowest BCUT2D eigenvalue weighted by Gasteiger charge is -2.15. The van der Waals surface area contributed by atoms with Gasteiger partial charge in [-0.25, -0.2) is 12.7 Å². The number of aromatic nitrogens is 2. The molecule has 146 valence electrons. The first kappa shape index (κ1) is 20.1. The Hall–Kier alpha value is -2.68. The number of sulfonamides is 1. The molecule has 0 aliphatic heterocycles. The minimum absolute atomic E-state index is 0.0668. The number of H-pyrrole nitrogens is 1. The molecule has 0 spiro atoms. The molecule has 0 saturated carbocycles. The fourth-order valence-electron chi connectivity index (χ4n) is 2.58. The van der Waals surface area contributed by atoms with Crippen LogP contribution in [0.5, 0.6) is 0 Å². The van der Waals surface area contributed by atoms with Crippen molar-refractivity contribution < 1.29 is 13.2 Å². The van der Waals surface area contributed by atoms with Gasteiger partial charge in [-0.3, -0.25) is 9.89 Å². The number of carbonyl (C=O) groups is 1. The van der Waals surface area contributed by atoms with Gasteiger partial charge in [0.2, 0.25) is 10.0 Å². The van der Waals surface area contributed by atoms with E-state index in [0.717, 1.165) is 9.87 Å². The summed E-state index contributed by atoms with van der Waals surface area (Å²) in [5, 5.41) is 10.2. The van der Waals surface area contributed by atoms with E-state index in [2.05, 4.69) is 15.5 Å². The average molecular weight is 419 g/mol. The molecular formula is C19H19ClN4O3S. The molecule has 9 heteroatoms. The van der Waals surface area contributed by atoms with E-state index < -0.39 is 10.0 Å². The molecule has 7 nitrogen and oxygen atoms in total. The van der Waals surface area contributed by atoms with Crippen molar-refractivity contribution in [2.45, 2.75) is 11.4 Å². The van der Waals surface area contributed by atoms with Crippen molar-refractivity contribution >= 4 is 27.5 Å². The lowest BCUT2D eigenvalue weighted by atomic mass is 10.1. The van der Waals surface area contributed by atoms with Crippen LogP contribution in [0.25, 0.3) is 11.3 Å². The maximum Gasteiger partial charge on any atom is 0.269 e. The standard InChI is InChI=1S/C19H19ClN4O3S/c1-24(2)28(26,27)18-6-4-3-5-14(18)12-21-19(25)17-11-16(22-23-17)13-7-9-15(20)10-8-13/h3-11H,12H2,1-2H3,(H,21,25)(H,22,23). The molecule has 0 aliphatic rings. The second-order valence-electron chi connectivity index (χ2n) is 6.25. The number of carbonyl (C=O) groups excluding carboxylic acids is 1. The maximum absolute atomic E-state index is 12.4. The Kier molecular flexibility index (Phi) is 5.83. The van der Waals surface area contributed by atoms with Gasteiger partial charge in [0.15, 0.2) is 0 Å². The number of hydrogen-bond acceptors (Lipinski definition) is 4. The first-order valence-corrected chi connectivity index (χ1v) is 10.2. The van der Waals surface area contributed by atoms with Crippen LogP contribution < -0.4 is 5.32 Å². The highest BCUT2D eigenvalue weighted by atomic mass is 35.5. The SMILES string of the molecule is CN(C)S(=O)(=O)c1ccccc1CNC(=O)c1cc(-c2ccc(Cl)cc2)n[nH]1. The largest absolute Gasteiger partial charge is 0.347 e. The summed E-state index contributed by atoms with van der Waals surface area (Å²) >= 11 is 5.88. The minimum Gasteiger partial charge on any atom is -0.347 e. The third kappa shape index (κ3) is 4.24. The predicted molar refractivity (Wildman–Crippen MR) is 108 cm³/mol. The fraction of sp³-hybridized carbons (Fsp3) is 0.158. The number of rotatable bonds is 6. The summed E-state index contributed by atoms with van der Waals surface area (Å²) in [6.07, 6.45) is 0. The number of hydrogen-bond donors (Lipinski definition) is 2. The van der Waals surface area contributed by atoms with Gasteiger partial charge in [-0.05, 0) is 29.8 Å². The van der Waals surface area contributed by atoms with Gasteiger partial charge in [0.05, 0.1) is 10.6 Å². The molecule has 0 aliphatic carbocycles. The molecule has 0 radical (unpaired) electrons. The minimum atomic E-state index is -3.60. The average Bonchev–Trinajstić information content (AvgIpc) is 3.17. The van der Waals surface area contributed by atoms with E-state index in [-0.39, 0.29) is 23.0 Å². The summed E-state index contributed by atoms with van der Waals surface area (Å²) in [6, 6.07) is 15.3. The lowest BCUT2D eigenvalue weighted by molar-refractivity contribution is 0.0945. The number of nitrogens with one attached hydrogen (secondary N) is 2. The van der Waals surface area contributed by atoms with Gasteiger partial charge in [-0.15, -0.1) is 0 Å². The summed E-state index contributed by atoms with van der Waals surface area (Å²) in [5.41, 5.74) is 2.21. The van der Waals surface area contributed by atoms with Crippen LogP contribution in [0.4, 0.5) is 0 Å². The first-order chi connectivity index (χ1) is 13.3. The van der Waals surface area contributed by atoms with Crippen LogP contribution in [0, 0.1) is 0 Å². The monoisotopic (exact) mass is 418 g/mol. The molecule has 1 heterocycles. The van der Waals surface area contributed by atoms with Crippen LogP contribution in [0.3, 0.4) is 0 Å². The molecule has 0 fully saturated rings. The van der Waals surface area contributed by atoms with Gasteiger partial charge in [0.1, 0.15) is 5.69 Å². The van der Waals surface area contributed by atoms with E-state index in [4.69, 9.17) is 11.6 Å². The molecule has 2 N–H and O–H groups in total. The molecule has 3 aromatic rings. The first-order valence-electron chi connectivity index (χ1n) is 8.39. The third-order valence-electron chi connectivity index (χ3n) is 4.13. The van der Waals surface area contributed by atoms with Gasteiger partial charge < -0.3 is 5.32 Å². The zero-order valence-electron chi connectivity index (χ0n) is 15.3. The Bertz CT molecular complexity index is 1090. The summed E-state index contributed by atoms with van der Waals surface area (Å²) in [5.74, 6) is -0.384. The number of benzene rings is 2. The number of nitrogens with zero attached hydrogens (tertiary/aromatic N) is 2. The summed E-state index contributed by atoms with van der Waals surface area (Å²) in [6.45, 7) is 0.0668. The van der Waals surface area contributed by atoms with E-state index >= 15 is 0 Å². The number of amides is 1. The maximum atomic E-state index is 12.4. The molecule has 1 amide bonds. The van der Waals surface area contributed by atoms with Gasteiger partial charge in [-0.2, -0.15) is 5.10 Å². The normalized spacial score (nSPS) is 11.6. The van der Waals surface area contributed by atoms with Crippen LogP contribution in [-0.2, 0) is 16.6 Å². The molecule has 3 rings (SSSR count). The van der Waals surface area contributed by atoms with Crippen molar-refractivity contribution in [2.24, 2.45) is 0 Å². The zero-order valence-corrected chi connectivity index (χ0v) is 16.9. The smallest absolute Gasteiger partial charge is 0.269 e. The van der Waals surface area contributed by atoms with Crippen LogP contribution in [-0.4, -0.2) is 42.9 Å². The Labute approximate surface area is 168 Å². The Morgan fingerprint density at radius 3 is 2.50 bits per heavy atom. The topological polar surface area (TPSA) is 95.2 Å². The highest BCUT2D eigenvalue weighted by Crippen LogP contribution is 2.21. The quantitative estimate of drug-likeness (QED) is 0.643. The van der Waals surface area contributed by atoms with Crippen LogP contribution in [0.15, 0.2) is 59.5 Å². The van der Waals surface area contributed by atoms with Crippen molar-refractivity contribution in [3.8, 4) is 11.3 Å². The summed E-state index contributed by atoms with van der Waals surface area (Å²) < 4.78 is 26.0. The highest BCUT2D eigenvalue weighted by molar-refractivity contribution is 7.89. The molecule has 28 heavy (non-hydrogen) atoms. The van der Waals surface area contributed by atoms with Gasteiger partial charge in [-0.1, -0.05) is 41.9 Å². The molecular weight excluding hydrogens is 400 g/mol. The molecule has 0 atom stereocenters. The van der Waals surface area contributed by atoms with Crippen molar-refractivity contribution in [1.29, 1.82) is 0 Å². The second kappa shape index (κ2) is 8.14. The van der Waals surface area contributed by atoms with Gasteiger partial charge in [0, 0.05) is 31.2 Å². The van der Waals surface area contributed by atoms with Gasteiger partial charge >= 0.3 is 0 Å². The summed E-state index contributed by atoms with van der Waals surface area (Å²) in [4.78, 5) is 12.6.